The summed E-state index contributed by atoms with van der Waals surface area (Å²) in [5, 5.41) is 2.64. The number of amides is 1. The number of hydrogen-bond donors (Lipinski definition) is 1. The highest BCUT2D eigenvalue weighted by Crippen LogP contribution is 2.16. The number of hydrogen-bond acceptors (Lipinski definition) is 3. The highest BCUT2D eigenvalue weighted by molar-refractivity contribution is 7.71. The van der Waals surface area contributed by atoms with Crippen molar-refractivity contribution < 1.29 is 4.79 Å². The van der Waals surface area contributed by atoms with Crippen molar-refractivity contribution in [3.8, 4) is 0 Å². The van der Waals surface area contributed by atoms with E-state index in [1.165, 1.54) is 17.0 Å². The van der Waals surface area contributed by atoms with Crippen LogP contribution in [0.5, 0.6) is 0 Å². The predicted molar refractivity (Wildman–Crippen MR) is 109 cm³/mol. The van der Waals surface area contributed by atoms with Crippen LogP contribution in [0.3, 0.4) is 0 Å². The van der Waals surface area contributed by atoms with E-state index in [1.54, 1.807) is 7.05 Å². The third-order valence-electron chi connectivity index (χ3n) is 4.62. The average molecular weight is 375 g/mol. The molecule has 26 heavy (non-hydrogen) atoms. The van der Waals surface area contributed by atoms with E-state index >= 15 is 0 Å². The third kappa shape index (κ3) is 4.62. The van der Waals surface area contributed by atoms with Gasteiger partial charge in [-0.1, -0.05) is 26.0 Å². The fraction of sp³-hybridized carbons (Fsp3) is 0.500. The first-order valence-electron chi connectivity index (χ1n) is 9.00. The van der Waals surface area contributed by atoms with Crippen molar-refractivity contribution in [1.82, 2.24) is 19.4 Å². The second-order valence-corrected chi connectivity index (χ2v) is 7.68. The van der Waals surface area contributed by atoms with Crippen molar-refractivity contribution in [3.63, 3.8) is 0 Å². The molecule has 0 aliphatic rings. The van der Waals surface area contributed by atoms with Gasteiger partial charge in [0.05, 0.1) is 6.67 Å². The summed E-state index contributed by atoms with van der Waals surface area (Å²) in [5.74, 6) is 0.501. The van der Waals surface area contributed by atoms with Crippen LogP contribution in [0, 0.1) is 24.5 Å². The molecule has 1 heterocycles. The SMILES string of the molecule is CNC(=O)c1ccc(CN(C)Cn2c(C)c(C)n(CC(C)C)c2=S)cc1. The molecule has 0 saturated carbocycles. The molecule has 0 radical (unpaired) electrons. The van der Waals surface area contributed by atoms with Gasteiger partial charge in [-0.2, -0.15) is 0 Å². The van der Waals surface area contributed by atoms with Gasteiger partial charge in [0.1, 0.15) is 0 Å². The van der Waals surface area contributed by atoms with E-state index in [0.29, 0.717) is 11.5 Å². The molecule has 2 rings (SSSR count). The molecule has 0 bridgehead atoms. The standard InChI is InChI=1S/C20H30N4OS/c1-14(2)11-23-15(3)16(4)24(20(23)26)13-22(6)12-17-7-9-18(10-8-17)19(25)21-5/h7-10,14H,11-13H2,1-6H3,(H,21,25). The molecule has 6 heteroatoms. The summed E-state index contributed by atoms with van der Waals surface area (Å²) in [6, 6.07) is 7.73. The minimum absolute atomic E-state index is 0.0613. The summed E-state index contributed by atoms with van der Waals surface area (Å²) >= 11 is 5.72. The summed E-state index contributed by atoms with van der Waals surface area (Å²) in [7, 11) is 3.73. The van der Waals surface area contributed by atoms with Gasteiger partial charge >= 0.3 is 0 Å². The van der Waals surface area contributed by atoms with Crippen LogP contribution in [0.1, 0.15) is 41.2 Å². The van der Waals surface area contributed by atoms with Crippen LogP contribution in [0.25, 0.3) is 0 Å². The maximum absolute atomic E-state index is 11.6. The molecule has 0 spiro atoms. The number of carbonyl (C=O) groups is 1. The lowest BCUT2D eigenvalue weighted by molar-refractivity contribution is 0.0963. The Morgan fingerprint density at radius 2 is 1.73 bits per heavy atom. The molecule has 0 aliphatic heterocycles. The summed E-state index contributed by atoms with van der Waals surface area (Å²) in [4.78, 5) is 13.9. The normalized spacial score (nSPS) is 11.4. The molecule has 2 aromatic rings. The average Bonchev–Trinajstić information content (AvgIpc) is 2.79. The van der Waals surface area contributed by atoms with E-state index in [0.717, 1.165) is 24.5 Å². The quantitative estimate of drug-likeness (QED) is 0.751. The topological polar surface area (TPSA) is 42.2 Å². The maximum atomic E-state index is 11.6. The maximum Gasteiger partial charge on any atom is 0.251 e. The summed E-state index contributed by atoms with van der Waals surface area (Å²) in [6.45, 7) is 11.2. The molecule has 142 valence electrons. The van der Waals surface area contributed by atoms with Crippen LogP contribution >= 0.6 is 12.2 Å². The van der Waals surface area contributed by atoms with Crippen molar-refractivity contribution in [3.05, 3.63) is 51.6 Å². The van der Waals surface area contributed by atoms with Crippen LogP contribution in [0.15, 0.2) is 24.3 Å². The minimum atomic E-state index is -0.0613. The van der Waals surface area contributed by atoms with Crippen LogP contribution in [-0.4, -0.2) is 34.0 Å². The molecule has 1 N–H and O–H groups in total. The molecule has 0 unspecified atom stereocenters. The first-order valence-corrected chi connectivity index (χ1v) is 9.41. The van der Waals surface area contributed by atoms with Gasteiger partial charge in [0.15, 0.2) is 4.77 Å². The Labute approximate surface area is 161 Å². The lowest BCUT2D eigenvalue weighted by Gasteiger charge is -2.19. The van der Waals surface area contributed by atoms with E-state index in [2.05, 4.69) is 54.1 Å². The van der Waals surface area contributed by atoms with E-state index < -0.39 is 0 Å². The molecule has 5 nitrogen and oxygen atoms in total. The van der Waals surface area contributed by atoms with E-state index in [1.807, 2.05) is 24.3 Å². The van der Waals surface area contributed by atoms with Gasteiger partial charge < -0.3 is 14.5 Å². The molecular formula is C20H30N4OS. The van der Waals surface area contributed by atoms with Gasteiger partial charge in [0.25, 0.3) is 5.91 Å². The highest BCUT2D eigenvalue weighted by Gasteiger charge is 2.13. The second-order valence-electron chi connectivity index (χ2n) is 7.32. The summed E-state index contributed by atoms with van der Waals surface area (Å²) in [6.07, 6.45) is 0. The number of nitrogens with one attached hydrogen (secondary N) is 1. The van der Waals surface area contributed by atoms with Crippen molar-refractivity contribution in [2.24, 2.45) is 5.92 Å². The van der Waals surface area contributed by atoms with Crippen LogP contribution < -0.4 is 5.32 Å². The number of carbonyl (C=O) groups excluding carboxylic acids is 1. The van der Waals surface area contributed by atoms with Crippen molar-refractivity contribution in [1.29, 1.82) is 0 Å². The van der Waals surface area contributed by atoms with Crippen molar-refractivity contribution >= 4 is 18.1 Å². The molecule has 0 fully saturated rings. The number of benzene rings is 1. The molecule has 1 aromatic heterocycles. The molecule has 1 aromatic carbocycles. The monoisotopic (exact) mass is 374 g/mol. The minimum Gasteiger partial charge on any atom is -0.355 e. The Kier molecular flexibility index (Phi) is 6.78. The molecular weight excluding hydrogens is 344 g/mol. The smallest absolute Gasteiger partial charge is 0.251 e. The van der Waals surface area contributed by atoms with Gasteiger partial charge in [0, 0.05) is 37.1 Å². The van der Waals surface area contributed by atoms with Gasteiger partial charge in [-0.25, -0.2) is 0 Å². The fourth-order valence-electron chi connectivity index (χ4n) is 3.08. The Hall–Kier alpha value is -1.92. The molecule has 0 aliphatic carbocycles. The zero-order valence-electron chi connectivity index (χ0n) is 16.7. The van der Waals surface area contributed by atoms with Gasteiger partial charge in [-0.05, 0) is 56.7 Å². The molecule has 0 saturated heterocycles. The van der Waals surface area contributed by atoms with E-state index in [4.69, 9.17) is 12.2 Å². The molecule has 1 amide bonds. The number of imidazole rings is 1. The first kappa shape index (κ1) is 20.4. The number of rotatable bonds is 7. The highest BCUT2D eigenvalue weighted by atomic mass is 32.1. The van der Waals surface area contributed by atoms with Gasteiger partial charge in [-0.15, -0.1) is 0 Å². The Morgan fingerprint density at radius 3 is 2.27 bits per heavy atom. The Morgan fingerprint density at radius 1 is 1.15 bits per heavy atom. The van der Waals surface area contributed by atoms with Crippen LogP contribution in [0.2, 0.25) is 0 Å². The zero-order valence-corrected chi connectivity index (χ0v) is 17.5. The number of aromatic nitrogens is 2. The van der Waals surface area contributed by atoms with Gasteiger partial charge in [0.2, 0.25) is 0 Å². The summed E-state index contributed by atoms with van der Waals surface area (Å²) < 4.78 is 5.32. The van der Waals surface area contributed by atoms with Crippen molar-refractivity contribution in [2.45, 2.75) is 47.5 Å². The predicted octanol–water partition coefficient (Wildman–Crippen LogP) is 3.74. The van der Waals surface area contributed by atoms with Crippen LogP contribution in [-0.2, 0) is 19.8 Å². The number of nitrogens with zero attached hydrogens (tertiary/aromatic N) is 3. The first-order chi connectivity index (χ1) is 12.2. The summed E-state index contributed by atoms with van der Waals surface area (Å²) in [5.41, 5.74) is 4.31. The van der Waals surface area contributed by atoms with Crippen LogP contribution in [0.4, 0.5) is 0 Å². The zero-order chi connectivity index (χ0) is 19.4. The lowest BCUT2D eigenvalue weighted by atomic mass is 10.1. The van der Waals surface area contributed by atoms with E-state index in [-0.39, 0.29) is 5.91 Å². The fourth-order valence-corrected chi connectivity index (χ4v) is 3.49. The third-order valence-corrected chi connectivity index (χ3v) is 5.06. The largest absolute Gasteiger partial charge is 0.355 e. The molecule has 0 atom stereocenters. The second kappa shape index (κ2) is 8.64. The van der Waals surface area contributed by atoms with Gasteiger partial charge in [-0.3, -0.25) is 9.69 Å². The lowest BCUT2D eigenvalue weighted by Crippen LogP contribution is -2.23. The van der Waals surface area contributed by atoms with E-state index in [9.17, 15) is 4.79 Å². The Bertz CT molecular complexity index is 818. The van der Waals surface area contributed by atoms with Crippen molar-refractivity contribution in [2.75, 3.05) is 14.1 Å². The Balaban J connectivity index is 2.12.